The Morgan fingerprint density at radius 2 is 1.76 bits per heavy atom. The number of hydrogen-bond acceptors (Lipinski definition) is 5. The zero-order chi connectivity index (χ0) is 24.3. The molecule has 1 heterocycles. The van der Waals surface area contributed by atoms with Crippen molar-refractivity contribution in [3.05, 3.63) is 75.8 Å². The number of carbonyl (C=O) groups is 2. The highest BCUT2D eigenvalue weighted by molar-refractivity contribution is 6.88. The molecule has 3 rings (SSSR count). The third-order valence-corrected chi connectivity index (χ3v) is 7.51. The van der Waals surface area contributed by atoms with Gasteiger partial charge in [0.1, 0.15) is 11.8 Å². The number of methoxy groups -OCH3 is 1. The van der Waals surface area contributed by atoms with E-state index in [4.69, 9.17) is 9.26 Å². The average molecular weight is 468 g/mol. The standard InChI is InChI=1S/C24H29N3O5Si/c1-15-13-16(7-12-19(15)31-3)22(27(2)24(30)20-14-21(28)26-32-20)23(29)25-17-8-10-18(11-9-17)33(4,5)6/h7-14,22H,1-6H3,(H,25,29)(H,26,28). The summed E-state index contributed by atoms with van der Waals surface area (Å²) in [6.45, 7) is 8.62. The van der Waals surface area contributed by atoms with Gasteiger partial charge in [0.25, 0.3) is 17.4 Å². The highest BCUT2D eigenvalue weighted by Gasteiger charge is 2.31. The van der Waals surface area contributed by atoms with Crippen LogP contribution >= 0.6 is 0 Å². The van der Waals surface area contributed by atoms with E-state index >= 15 is 0 Å². The van der Waals surface area contributed by atoms with Gasteiger partial charge in [0.2, 0.25) is 5.76 Å². The van der Waals surface area contributed by atoms with E-state index < -0.39 is 31.5 Å². The number of nitrogens with one attached hydrogen (secondary N) is 2. The quantitative estimate of drug-likeness (QED) is 0.519. The number of amides is 2. The molecule has 1 atom stereocenters. The number of hydrogen-bond donors (Lipinski definition) is 2. The molecule has 0 saturated carbocycles. The molecule has 0 bridgehead atoms. The minimum atomic E-state index is -1.47. The van der Waals surface area contributed by atoms with E-state index in [0.29, 0.717) is 17.0 Å². The van der Waals surface area contributed by atoms with Crippen LogP contribution in [0.3, 0.4) is 0 Å². The lowest BCUT2D eigenvalue weighted by molar-refractivity contribution is -0.120. The van der Waals surface area contributed by atoms with Gasteiger partial charge in [-0.3, -0.25) is 14.4 Å². The van der Waals surface area contributed by atoms with Crippen LogP contribution in [-0.2, 0) is 4.79 Å². The summed E-state index contributed by atoms with van der Waals surface area (Å²) in [4.78, 5) is 39.1. The molecule has 0 fully saturated rings. The van der Waals surface area contributed by atoms with Crippen molar-refractivity contribution in [1.82, 2.24) is 10.1 Å². The average Bonchev–Trinajstić information content (AvgIpc) is 3.19. The van der Waals surface area contributed by atoms with E-state index in [1.54, 1.807) is 25.3 Å². The summed E-state index contributed by atoms with van der Waals surface area (Å²) < 4.78 is 10.3. The molecule has 8 nitrogen and oxygen atoms in total. The van der Waals surface area contributed by atoms with Crippen molar-refractivity contribution >= 4 is 30.8 Å². The van der Waals surface area contributed by atoms with Crippen LogP contribution < -0.4 is 20.8 Å². The first-order chi connectivity index (χ1) is 15.5. The third-order valence-electron chi connectivity index (χ3n) is 5.44. The molecule has 174 valence electrons. The Morgan fingerprint density at radius 1 is 1.09 bits per heavy atom. The lowest BCUT2D eigenvalue weighted by Crippen LogP contribution is -2.39. The van der Waals surface area contributed by atoms with Gasteiger partial charge in [0.15, 0.2) is 0 Å². The molecule has 33 heavy (non-hydrogen) atoms. The maximum atomic E-state index is 13.4. The van der Waals surface area contributed by atoms with Crippen LogP contribution in [0.1, 0.15) is 27.7 Å². The van der Waals surface area contributed by atoms with Crippen molar-refractivity contribution < 1.29 is 18.8 Å². The molecule has 0 aliphatic rings. The maximum Gasteiger partial charge on any atom is 0.293 e. The van der Waals surface area contributed by atoms with Crippen LogP contribution in [0.15, 0.2) is 57.8 Å². The molecule has 0 aliphatic heterocycles. The molecule has 1 unspecified atom stereocenters. The number of anilines is 1. The van der Waals surface area contributed by atoms with Crippen LogP contribution in [0.25, 0.3) is 0 Å². The van der Waals surface area contributed by atoms with Crippen LogP contribution in [0, 0.1) is 6.92 Å². The Bertz CT molecular complexity index is 1210. The predicted molar refractivity (Wildman–Crippen MR) is 130 cm³/mol. The summed E-state index contributed by atoms with van der Waals surface area (Å²) in [5.41, 5.74) is 1.52. The fraction of sp³-hybridized carbons (Fsp3) is 0.292. The van der Waals surface area contributed by atoms with Crippen molar-refractivity contribution in [3.8, 4) is 5.75 Å². The van der Waals surface area contributed by atoms with E-state index in [-0.39, 0.29) is 5.76 Å². The Balaban J connectivity index is 1.95. The smallest absolute Gasteiger partial charge is 0.293 e. The van der Waals surface area contributed by atoms with E-state index in [1.807, 2.05) is 31.2 Å². The number of carbonyl (C=O) groups excluding carboxylic acids is 2. The minimum Gasteiger partial charge on any atom is -0.496 e. The number of aromatic amines is 1. The molecule has 0 saturated heterocycles. The van der Waals surface area contributed by atoms with Crippen molar-refractivity contribution in [3.63, 3.8) is 0 Å². The van der Waals surface area contributed by atoms with Crippen LogP contribution in [-0.4, -0.2) is 44.1 Å². The number of aromatic nitrogens is 1. The molecule has 0 aliphatic carbocycles. The zero-order valence-electron chi connectivity index (χ0n) is 19.7. The van der Waals surface area contributed by atoms with E-state index in [2.05, 4.69) is 30.1 Å². The molecule has 2 aromatic carbocycles. The van der Waals surface area contributed by atoms with Gasteiger partial charge in [-0.15, -0.1) is 0 Å². The number of nitrogens with zero attached hydrogens (tertiary/aromatic N) is 1. The first kappa shape index (κ1) is 24.1. The Kier molecular flexibility index (Phi) is 6.92. The molecule has 0 radical (unpaired) electrons. The Hall–Kier alpha value is -3.59. The highest BCUT2D eigenvalue weighted by Crippen LogP contribution is 2.28. The van der Waals surface area contributed by atoms with Gasteiger partial charge in [-0.25, -0.2) is 0 Å². The Morgan fingerprint density at radius 3 is 2.27 bits per heavy atom. The number of likely N-dealkylation sites (N-methyl/N-ethyl adjacent to an activating group) is 1. The van der Waals surface area contributed by atoms with Crippen LogP contribution in [0.4, 0.5) is 5.69 Å². The maximum absolute atomic E-state index is 13.4. The highest BCUT2D eigenvalue weighted by atomic mass is 28.3. The summed E-state index contributed by atoms with van der Waals surface area (Å²) in [6.07, 6.45) is 0. The van der Waals surface area contributed by atoms with E-state index in [0.717, 1.165) is 11.6 Å². The first-order valence-corrected chi connectivity index (χ1v) is 14.0. The van der Waals surface area contributed by atoms with Gasteiger partial charge >= 0.3 is 0 Å². The molecule has 3 aromatic rings. The summed E-state index contributed by atoms with van der Waals surface area (Å²) in [5.74, 6) is -0.499. The van der Waals surface area contributed by atoms with Crippen LogP contribution in [0.5, 0.6) is 5.75 Å². The van der Waals surface area contributed by atoms with Gasteiger partial charge in [-0.05, 0) is 42.3 Å². The lowest BCUT2D eigenvalue weighted by atomic mass is 10.0. The second kappa shape index (κ2) is 9.49. The summed E-state index contributed by atoms with van der Waals surface area (Å²) in [7, 11) is 1.59. The van der Waals surface area contributed by atoms with Crippen molar-refractivity contribution in [1.29, 1.82) is 0 Å². The fourth-order valence-corrected chi connectivity index (χ4v) is 4.73. The topological polar surface area (TPSA) is 105 Å². The summed E-state index contributed by atoms with van der Waals surface area (Å²) in [6, 6.07) is 13.2. The predicted octanol–water partition coefficient (Wildman–Crippen LogP) is 3.28. The second-order valence-electron chi connectivity index (χ2n) is 8.94. The molecule has 0 spiro atoms. The molecule has 1 aromatic heterocycles. The zero-order valence-corrected chi connectivity index (χ0v) is 20.7. The minimum absolute atomic E-state index is 0.176. The number of H-pyrrole nitrogens is 1. The van der Waals surface area contributed by atoms with Gasteiger partial charge in [0, 0.05) is 12.7 Å². The monoisotopic (exact) mass is 467 g/mol. The SMILES string of the molecule is COc1ccc(C(C(=O)Nc2ccc([Si](C)(C)C)cc2)N(C)C(=O)c2cc(=O)[nH]o2)cc1C. The molecular weight excluding hydrogens is 438 g/mol. The van der Waals surface area contributed by atoms with Crippen molar-refractivity contribution in [2.45, 2.75) is 32.6 Å². The van der Waals surface area contributed by atoms with Gasteiger partial charge in [0.05, 0.1) is 21.3 Å². The fourth-order valence-electron chi connectivity index (χ4n) is 3.57. The molecule has 2 N–H and O–H groups in total. The number of aryl methyl sites for hydroxylation is 1. The molecular formula is C24H29N3O5Si. The first-order valence-electron chi connectivity index (χ1n) is 10.5. The normalized spacial score (nSPS) is 12.2. The number of rotatable bonds is 7. The Labute approximate surface area is 193 Å². The van der Waals surface area contributed by atoms with Gasteiger partial charge in [-0.1, -0.05) is 43.0 Å². The van der Waals surface area contributed by atoms with Crippen molar-refractivity contribution in [2.75, 3.05) is 19.5 Å². The molecule has 9 heteroatoms. The summed E-state index contributed by atoms with van der Waals surface area (Å²) >= 11 is 0. The van der Waals surface area contributed by atoms with Gasteiger partial charge < -0.3 is 19.5 Å². The second-order valence-corrected chi connectivity index (χ2v) is 14.0. The lowest BCUT2D eigenvalue weighted by Gasteiger charge is -2.27. The van der Waals surface area contributed by atoms with E-state index in [1.165, 1.54) is 17.1 Å². The molecule has 2 amide bonds. The van der Waals surface area contributed by atoms with Gasteiger partial charge in [-0.2, -0.15) is 5.16 Å². The number of benzene rings is 2. The largest absolute Gasteiger partial charge is 0.496 e. The van der Waals surface area contributed by atoms with Crippen LogP contribution in [0.2, 0.25) is 19.6 Å². The van der Waals surface area contributed by atoms with Crippen molar-refractivity contribution in [2.24, 2.45) is 0 Å². The van der Waals surface area contributed by atoms with E-state index in [9.17, 15) is 14.4 Å². The third kappa shape index (κ3) is 5.43. The number of ether oxygens (including phenoxy) is 1. The summed E-state index contributed by atoms with van der Waals surface area (Å²) in [5, 5.41) is 6.29.